The molecule has 104 valence electrons. The van der Waals surface area contributed by atoms with Crippen molar-refractivity contribution < 1.29 is 9.90 Å². The quantitative estimate of drug-likeness (QED) is 0.874. The molecule has 0 atom stereocenters. The van der Waals surface area contributed by atoms with E-state index in [9.17, 15) is 9.90 Å². The van der Waals surface area contributed by atoms with Gasteiger partial charge in [0.15, 0.2) is 0 Å². The van der Waals surface area contributed by atoms with E-state index in [0.717, 1.165) is 29.9 Å². The fourth-order valence-corrected chi connectivity index (χ4v) is 2.43. The summed E-state index contributed by atoms with van der Waals surface area (Å²) in [6.45, 7) is 0.618. The van der Waals surface area contributed by atoms with Gasteiger partial charge in [0, 0.05) is 25.1 Å². The van der Waals surface area contributed by atoms with Crippen molar-refractivity contribution in [1.82, 2.24) is 9.55 Å². The number of carboxylic acid groups (broad SMARTS) is 1. The molecule has 2 aromatic rings. The molecular weight excluding hydrogens is 254 g/mol. The molecule has 0 bridgehead atoms. The first-order valence-electron chi connectivity index (χ1n) is 6.66. The van der Waals surface area contributed by atoms with E-state index in [1.54, 1.807) is 6.20 Å². The first-order chi connectivity index (χ1) is 9.62. The van der Waals surface area contributed by atoms with Gasteiger partial charge in [0.25, 0.3) is 0 Å². The topological polar surface area (TPSA) is 67.2 Å². The Labute approximate surface area is 117 Å². The second-order valence-corrected chi connectivity index (χ2v) is 5.28. The van der Waals surface area contributed by atoms with Crippen LogP contribution in [0.25, 0.3) is 0 Å². The maximum atomic E-state index is 11.4. The van der Waals surface area contributed by atoms with Crippen LogP contribution in [0.1, 0.15) is 24.2 Å². The highest BCUT2D eigenvalue weighted by atomic mass is 16.4. The van der Waals surface area contributed by atoms with Crippen LogP contribution in [-0.2, 0) is 23.8 Å². The summed E-state index contributed by atoms with van der Waals surface area (Å²) in [5.74, 6) is 0.216. The number of anilines is 1. The summed E-state index contributed by atoms with van der Waals surface area (Å²) in [6, 6.07) is 7.68. The van der Waals surface area contributed by atoms with Gasteiger partial charge in [-0.25, -0.2) is 4.98 Å². The molecular formula is C15H17N3O2. The van der Waals surface area contributed by atoms with Gasteiger partial charge in [-0.05, 0) is 30.5 Å². The van der Waals surface area contributed by atoms with Crippen LogP contribution >= 0.6 is 0 Å². The van der Waals surface area contributed by atoms with E-state index < -0.39 is 11.4 Å². The molecule has 1 aliphatic carbocycles. The van der Waals surface area contributed by atoms with E-state index >= 15 is 0 Å². The third-order valence-corrected chi connectivity index (χ3v) is 3.95. The van der Waals surface area contributed by atoms with Crippen molar-refractivity contribution in [2.75, 3.05) is 5.32 Å². The fourth-order valence-electron chi connectivity index (χ4n) is 2.43. The number of hydrogen-bond donors (Lipinski definition) is 2. The molecule has 1 aromatic carbocycles. The predicted molar refractivity (Wildman–Crippen MR) is 75.5 cm³/mol. The lowest BCUT2D eigenvalue weighted by Gasteiger charge is -2.13. The van der Waals surface area contributed by atoms with Gasteiger partial charge in [0.05, 0.1) is 12.0 Å². The summed E-state index contributed by atoms with van der Waals surface area (Å²) in [4.78, 5) is 15.6. The van der Waals surface area contributed by atoms with E-state index in [1.165, 1.54) is 0 Å². The van der Waals surface area contributed by atoms with Gasteiger partial charge >= 0.3 is 5.97 Å². The minimum Gasteiger partial charge on any atom is -0.481 e. The van der Waals surface area contributed by atoms with Crippen molar-refractivity contribution >= 4 is 11.7 Å². The average Bonchev–Trinajstić information content (AvgIpc) is 3.16. The van der Waals surface area contributed by atoms with Crippen molar-refractivity contribution in [3.63, 3.8) is 0 Å². The van der Waals surface area contributed by atoms with Gasteiger partial charge in [-0.2, -0.15) is 0 Å². The molecule has 1 heterocycles. The number of aromatic nitrogens is 2. The Hall–Kier alpha value is -2.30. The van der Waals surface area contributed by atoms with Crippen LogP contribution in [0.3, 0.4) is 0 Å². The second kappa shape index (κ2) is 4.67. The smallest absolute Gasteiger partial charge is 0.314 e. The van der Waals surface area contributed by atoms with Gasteiger partial charge in [-0.15, -0.1) is 0 Å². The van der Waals surface area contributed by atoms with Gasteiger partial charge in [0.1, 0.15) is 5.82 Å². The maximum absolute atomic E-state index is 11.4. The lowest BCUT2D eigenvalue weighted by Crippen LogP contribution is -2.19. The van der Waals surface area contributed by atoms with Crippen molar-refractivity contribution in [1.29, 1.82) is 0 Å². The van der Waals surface area contributed by atoms with Crippen LogP contribution in [0.5, 0.6) is 0 Å². The van der Waals surface area contributed by atoms with E-state index in [0.29, 0.717) is 6.54 Å². The van der Waals surface area contributed by atoms with Gasteiger partial charge in [-0.1, -0.05) is 12.1 Å². The number of nitrogens with one attached hydrogen (secondary N) is 1. The molecule has 5 nitrogen and oxygen atoms in total. The monoisotopic (exact) mass is 271 g/mol. The van der Waals surface area contributed by atoms with E-state index in [2.05, 4.69) is 10.3 Å². The Morgan fingerprint density at radius 2 is 2.30 bits per heavy atom. The van der Waals surface area contributed by atoms with Crippen LogP contribution in [0.15, 0.2) is 36.7 Å². The lowest BCUT2D eigenvalue weighted by atomic mass is 9.96. The molecule has 0 amide bonds. The molecule has 0 radical (unpaired) electrons. The zero-order chi connectivity index (χ0) is 14.2. The largest absolute Gasteiger partial charge is 0.481 e. The minimum absolute atomic E-state index is 0.618. The summed E-state index contributed by atoms with van der Waals surface area (Å²) < 4.78 is 1.95. The number of benzene rings is 1. The van der Waals surface area contributed by atoms with Gasteiger partial charge in [0.2, 0.25) is 0 Å². The Morgan fingerprint density at radius 1 is 1.50 bits per heavy atom. The molecule has 0 spiro atoms. The normalized spacial score (nSPS) is 15.8. The standard InChI is InChI=1S/C15H17N3O2/c1-18-8-7-16-13(18)10-17-12-4-2-3-11(9-12)15(5-6-15)14(19)20/h2-4,7-9,17H,5-6,10H2,1H3,(H,19,20). The summed E-state index contributed by atoms with van der Waals surface area (Å²) in [7, 11) is 1.95. The van der Waals surface area contributed by atoms with Crippen LogP contribution in [-0.4, -0.2) is 20.6 Å². The Balaban J connectivity index is 1.75. The molecule has 3 rings (SSSR count). The summed E-state index contributed by atoms with van der Waals surface area (Å²) in [5, 5.41) is 12.6. The Kier molecular flexibility index (Phi) is 2.97. The minimum atomic E-state index is -0.723. The molecule has 1 aliphatic rings. The molecule has 2 N–H and O–H groups in total. The van der Waals surface area contributed by atoms with Gasteiger partial charge < -0.3 is 15.0 Å². The van der Waals surface area contributed by atoms with E-state index in [4.69, 9.17) is 0 Å². The maximum Gasteiger partial charge on any atom is 0.314 e. The predicted octanol–water partition coefficient (Wildman–Crippen LogP) is 2.15. The van der Waals surface area contributed by atoms with Crippen LogP contribution in [0, 0.1) is 0 Å². The SMILES string of the molecule is Cn1ccnc1CNc1cccc(C2(C(=O)O)CC2)c1. The molecule has 1 aromatic heterocycles. The lowest BCUT2D eigenvalue weighted by molar-refractivity contribution is -0.140. The van der Waals surface area contributed by atoms with Crippen molar-refractivity contribution in [2.45, 2.75) is 24.8 Å². The molecule has 20 heavy (non-hydrogen) atoms. The highest BCUT2D eigenvalue weighted by Crippen LogP contribution is 2.48. The first-order valence-corrected chi connectivity index (χ1v) is 6.66. The molecule has 1 saturated carbocycles. The van der Waals surface area contributed by atoms with Crippen LogP contribution in [0.2, 0.25) is 0 Å². The molecule has 0 aliphatic heterocycles. The zero-order valence-corrected chi connectivity index (χ0v) is 11.3. The number of hydrogen-bond acceptors (Lipinski definition) is 3. The van der Waals surface area contributed by atoms with E-state index in [-0.39, 0.29) is 0 Å². The van der Waals surface area contributed by atoms with Crippen molar-refractivity contribution in [3.8, 4) is 0 Å². The Bertz CT molecular complexity index is 644. The number of aryl methyl sites for hydroxylation is 1. The third-order valence-electron chi connectivity index (χ3n) is 3.95. The third kappa shape index (κ3) is 2.15. The molecule has 5 heteroatoms. The number of nitrogens with zero attached hydrogens (tertiary/aromatic N) is 2. The summed E-state index contributed by atoms with van der Waals surface area (Å²) >= 11 is 0. The molecule has 0 saturated heterocycles. The summed E-state index contributed by atoms with van der Waals surface area (Å²) in [5.41, 5.74) is 1.16. The zero-order valence-electron chi connectivity index (χ0n) is 11.3. The van der Waals surface area contributed by atoms with E-state index in [1.807, 2.05) is 42.1 Å². The number of carbonyl (C=O) groups is 1. The number of aliphatic carboxylic acids is 1. The average molecular weight is 271 g/mol. The highest BCUT2D eigenvalue weighted by molar-refractivity contribution is 5.85. The van der Waals surface area contributed by atoms with Crippen LogP contribution < -0.4 is 5.32 Å². The molecule has 0 unspecified atom stereocenters. The summed E-state index contributed by atoms with van der Waals surface area (Å²) in [6.07, 6.45) is 5.12. The molecule has 1 fully saturated rings. The number of rotatable bonds is 5. The van der Waals surface area contributed by atoms with Crippen LogP contribution in [0.4, 0.5) is 5.69 Å². The van der Waals surface area contributed by atoms with Crippen molar-refractivity contribution in [3.05, 3.63) is 48.0 Å². The second-order valence-electron chi connectivity index (χ2n) is 5.28. The highest BCUT2D eigenvalue weighted by Gasteiger charge is 2.51. The number of imidazole rings is 1. The Morgan fingerprint density at radius 3 is 2.90 bits per heavy atom. The van der Waals surface area contributed by atoms with Gasteiger partial charge in [-0.3, -0.25) is 4.79 Å². The first kappa shape index (κ1) is 12.7. The fraction of sp³-hybridized carbons (Fsp3) is 0.333. The van der Waals surface area contributed by atoms with Crippen molar-refractivity contribution in [2.24, 2.45) is 7.05 Å². The number of carboxylic acids is 1.